The first-order valence-electron chi connectivity index (χ1n) is 33.2. The predicted molar refractivity (Wildman–Crippen MR) is 374 cm³/mol. The lowest BCUT2D eigenvalue weighted by Gasteiger charge is -2.45. The van der Waals surface area contributed by atoms with Crippen LogP contribution < -0.4 is 26.2 Å². The molecule has 87 heavy (non-hydrogen) atoms. The Balaban J connectivity index is 1.20. The molecule has 0 bridgehead atoms. The Morgan fingerprint density at radius 3 is 0.908 bits per heavy atom. The summed E-state index contributed by atoms with van der Waals surface area (Å²) in [4.78, 5) is 22.4. The summed E-state index contributed by atoms with van der Waals surface area (Å²) in [6.45, 7) is 41.7. The second kappa shape index (κ2) is 22.1. The third-order valence-corrected chi connectivity index (χ3v) is 20.0. The molecule has 450 valence electrons. The van der Waals surface area contributed by atoms with Gasteiger partial charge in [-0.15, -0.1) is 0 Å². The molecule has 0 spiro atoms. The van der Waals surface area contributed by atoms with Crippen LogP contribution in [0, 0.1) is 0 Å². The number of hydrogen-bond acceptors (Lipinski definition) is 5. The van der Waals surface area contributed by atoms with Crippen LogP contribution in [0.25, 0.3) is 34.2 Å². The zero-order valence-corrected chi connectivity index (χ0v) is 56.2. The van der Waals surface area contributed by atoms with Gasteiger partial charge in [0.2, 0.25) is 0 Å². The monoisotopic (exact) mass is 1150 g/mol. The fourth-order valence-electron chi connectivity index (χ4n) is 14.3. The highest BCUT2D eigenvalue weighted by molar-refractivity contribution is 7.00. The lowest BCUT2D eigenvalue weighted by atomic mass is 9.33. The topological polar surface area (TPSA) is 45.2 Å². The number of hydrogen-bond donors (Lipinski definition) is 0. The lowest BCUT2D eigenvalue weighted by Crippen LogP contribution is -2.61. The van der Waals surface area contributed by atoms with Gasteiger partial charge in [0.1, 0.15) is 0 Å². The Morgan fingerprint density at radius 1 is 0.310 bits per heavy atom. The standard InChI is InChI=1S/C81H98BN5/c1-76(2,3)58-31-35-64(36-32-58)86-68-39-29-53(51-25-21-19-22-26-51)45-66(68)82-67-46-54(52-27-23-20-24-28-52)30-40-69(67)87(65-37-33-59(34-38-65)77(4,5)6)71-48-57(47-70(86)72(71)82)75-84-73(55-41-60(78(7,8)9)49-61(42-55)79(10,11)12)83-74(85-75)56-43-62(80(13,14)15)50-63(44-56)81(16,17)18/h29-52H,19-28H2,1-18H3. The lowest BCUT2D eigenvalue weighted by molar-refractivity contribution is 0.444. The van der Waals surface area contributed by atoms with E-state index in [1.54, 1.807) is 0 Å². The molecule has 12 rings (SSSR count). The van der Waals surface area contributed by atoms with Crippen molar-refractivity contribution in [3.63, 3.8) is 0 Å². The number of aromatic nitrogens is 3. The molecule has 2 aliphatic heterocycles. The fraction of sp³-hybridized carbons (Fsp3) is 0.444. The van der Waals surface area contributed by atoms with Crippen molar-refractivity contribution in [1.29, 1.82) is 0 Å². The van der Waals surface area contributed by atoms with Crippen LogP contribution in [0.5, 0.6) is 0 Å². The summed E-state index contributed by atoms with van der Waals surface area (Å²) >= 11 is 0. The second-order valence-corrected chi connectivity index (χ2v) is 32.8. The van der Waals surface area contributed by atoms with Gasteiger partial charge in [0, 0.05) is 50.8 Å². The van der Waals surface area contributed by atoms with Crippen molar-refractivity contribution in [2.24, 2.45) is 0 Å². The van der Waals surface area contributed by atoms with Gasteiger partial charge in [-0.2, -0.15) is 0 Å². The van der Waals surface area contributed by atoms with Crippen LogP contribution in [0.15, 0.2) is 133 Å². The van der Waals surface area contributed by atoms with Crippen molar-refractivity contribution < 1.29 is 0 Å². The Labute approximate surface area is 524 Å². The SMILES string of the molecule is CC(C)(C)c1ccc(N2c3ccc(C4CCCCC4)cc3B3c4cc(C5CCCCC5)ccc4N(c4ccc(C(C)(C)C)cc4)c4cc(-c5nc(-c6cc(C(C)(C)C)cc(C(C)(C)C)c6)nc(-c6cc(C(C)(C)C)cc(C(C)(C)C)c6)n5)cc2c43)cc1. The number of benzene rings is 7. The van der Waals surface area contributed by atoms with Crippen LogP contribution in [0.3, 0.4) is 0 Å². The Kier molecular flexibility index (Phi) is 15.3. The van der Waals surface area contributed by atoms with Crippen molar-refractivity contribution >= 4 is 57.2 Å². The minimum absolute atomic E-state index is 0.00557. The maximum Gasteiger partial charge on any atom is 0.252 e. The Morgan fingerprint density at radius 2 is 0.609 bits per heavy atom. The van der Waals surface area contributed by atoms with E-state index in [0.717, 1.165) is 39.4 Å². The molecule has 0 atom stereocenters. The highest BCUT2D eigenvalue weighted by Gasteiger charge is 2.45. The maximum atomic E-state index is 5.78. The Hall–Kier alpha value is -6.79. The van der Waals surface area contributed by atoms with Crippen LogP contribution in [0.4, 0.5) is 34.1 Å². The second-order valence-electron chi connectivity index (χ2n) is 32.8. The van der Waals surface area contributed by atoms with Crippen molar-refractivity contribution in [1.82, 2.24) is 15.0 Å². The normalized spacial score (nSPS) is 16.2. The Bertz CT molecular complexity index is 3580. The van der Waals surface area contributed by atoms with Gasteiger partial charge in [-0.1, -0.05) is 224 Å². The van der Waals surface area contributed by atoms with Gasteiger partial charge in [-0.05, 0) is 204 Å². The number of anilines is 6. The first kappa shape index (κ1) is 60.5. The van der Waals surface area contributed by atoms with Crippen LogP contribution >= 0.6 is 0 Å². The average molecular weight is 1150 g/mol. The minimum Gasteiger partial charge on any atom is -0.311 e. The third-order valence-electron chi connectivity index (χ3n) is 20.0. The molecule has 0 unspecified atom stereocenters. The molecular weight excluding hydrogens is 1050 g/mol. The summed E-state index contributed by atoms with van der Waals surface area (Å²) in [7, 11) is 0. The molecule has 4 aliphatic rings. The first-order valence-corrected chi connectivity index (χ1v) is 33.2. The molecule has 0 amide bonds. The van der Waals surface area contributed by atoms with E-state index in [-0.39, 0.29) is 39.2 Å². The van der Waals surface area contributed by atoms with Crippen LogP contribution in [0.1, 0.15) is 245 Å². The molecule has 5 nitrogen and oxygen atoms in total. The molecule has 2 fully saturated rings. The number of nitrogens with zero attached hydrogens (tertiary/aromatic N) is 5. The average Bonchev–Trinajstić information content (AvgIpc) is 0.828. The first-order chi connectivity index (χ1) is 40.9. The quantitative estimate of drug-likeness (QED) is 0.149. The predicted octanol–water partition coefficient (Wildman–Crippen LogP) is 20.8. The largest absolute Gasteiger partial charge is 0.311 e. The third kappa shape index (κ3) is 11.9. The highest BCUT2D eigenvalue weighted by Crippen LogP contribution is 2.49. The van der Waals surface area contributed by atoms with E-state index in [4.69, 9.17) is 15.0 Å². The van der Waals surface area contributed by atoms with Crippen LogP contribution in [0.2, 0.25) is 0 Å². The minimum atomic E-state index is -0.112. The summed E-state index contributed by atoms with van der Waals surface area (Å²) in [6, 6.07) is 53.4. The summed E-state index contributed by atoms with van der Waals surface area (Å²) < 4.78 is 0. The summed E-state index contributed by atoms with van der Waals surface area (Å²) in [5, 5.41) is 0. The number of fused-ring (bicyclic) bond motifs is 4. The van der Waals surface area contributed by atoms with E-state index in [1.165, 1.54) is 136 Å². The van der Waals surface area contributed by atoms with Crippen LogP contribution in [-0.4, -0.2) is 21.7 Å². The van der Waals surface area contributed by atoms with Gasteiger partial charge in [0.25, 0.3) is 6.71 Å². The smallest absolute Gasteiger partial charge is 0.252 e. The molecule has 2 saturated carbocycles. The van der Waals surface area contributed by atoms with Crippen molar-refractivity contribution in [2.75, 3.05) is 9.80 Å². The zero-order chi connectivity index (χ0) is 61.9. The van der Waals surface area contributed by atoms with Crippen molar-refractivity contribution in [3.8, 4) is 34.2 Å². The molecular formula is C81H98BN5. The van der Waals surface area contributed by atoms with E-state index in [9.17, 15) is 0 Å². The molecule has 0 saturated heterocycles. The maximum absolute atomic E-state index is 5.78. The summed E-state index contributed by atoms with van der Waals surface area (Å²) in [5.74, 6) is 3.13. The number of rotatable bonds is 7. The van der Waals surface area contributed by atoms with E-state index in [0.29, 0.717) is 29.3 Å². The van der Waals surface area contributed by atoms with Gasteiger partial charge in [0.15, 0.2) is 17.5 Å². The van der Waals surface area contributed by atoms with Crippen molar-refractivity contribution in [2.45, 2.75) is 233 Å². The van der Waals surface area contributed by atoms with Gasteiger partial charge >= 0.3 is 0 Å². The molecule has 0 N–H and O–H groups in total. The van der Waals surface area contributed by atoms with E-state index >= 15 is 0 Å². The molecule has 7 aromatic carbocycles. The summed E-state index contributed by atoms with van der Waals surface area (Å²) in [6.07, 6.45) is 12.8. The molecule has 8 aromatic rings. The van der Waals surface area contributed by atoms with E-state index in [1.807, 2.05) is 0 Å². The summed E-state index contributed by atoms with van der Waals surface area (Å²) in [5.41, 5.74) is 24.4. The molecule has 6 heteroatoms. The van der Waals surface area contributed by atoms with Gasteiger partial charge in [-0.3, -0.25) is 0 Å². The fourth-order valence-corrected chi connectivity index (χ4v) is 14.3. The van der Waals surface area contributed by atoms with E-state index < -0.39 is 0 Å². The van der Waals surface area contributed by atoms with Crippen molar-refractivity contribution in [3.05, 3.63) is 178 Å². The van der Waals surface area contributed by atoms with Crippen LogP contribution in [-0.2, 0) is 32.5 Å². The van der Waals surface area contributed by atoms with E-state index in [2.05, 4.69) is 268 Å². The van der Waals surface area contributed by atoms with Gasteiger partial charge in [0.05, 0.1) is 0 Å². The van der Waals surface area contributed by atoms with Gasteiger partial charge < -0.3 is 9.80 Å². The molecule has 2 aliphatic carbocycles. The molecule has 1 aromatic heterocycles. The van der Waals surface area contributed by atoms with Gasteiger partial charge in [-0.25, -0.2) is 15.0 Å². The molecule has 3 heterocycles. The highest BCUT2D eigenvalue weighted by atomic mass is 15.2. The zero-order valence-electron chi connectivity index (χ0n) is 56.2. The molecule has 0 radical (unpaired) electrons.